The third kappa shape index (κ3) is 3.31. The number of urea groups is 1. The van der Waals surface area contributed by atoms with Gasteiger partial charge in [-0.1, -0.05) is 0 Å². The minimum Gasteiger partial charge on any atom is -0.337 e. The van der Waals surface area contributed by atoms with Gasteiger partial charge in [0.2, 0.25) is 0 Å². The molecule has 0 aromatic carbocycles. The first-order valence-electron chi connectivity index (χ1n) is 4.32. The fourth-order valence-electron chi connectivity index (χ4n) is 1.13. The average molecular weight is 205 g/mol. The molecule has 0 aliphatic carbocycles. The van der Waals surface area contributed by atoms with Crippen molar-refractivity contribution in [3.05, 3.63) is 0 Å². The van der Waals surface area contributed by atoms with Gasteiger partial charge >= 0.3 is 6.03 Å². The maximum atomic E-state index is 11.3. The number of nitrogens with two attached hydrogens (primary N) is 1. The van der Waals surface area contributed by atoms with E-state index >= 15 is 0 Å². The summed E-state index contributed by atoms with van der Waals surface area (Å²) >= 11 is 0. The first-order chi connectivity index (χ1) is 6.24. The van der Waals surface area contributed by atoms with E-state index in [9.17, 15) is 9.00 Å². The Bertz CT molecular complexity index is 200. The van der Waals surface area contributed by atoms with Gasteiger partial charge in [-0.2, -0.15) is 0 Å². The van der Waals surface area contributed by atoms with Gasteiger partial charge in [0.25, 0.3) is 0 Å². The van der Waals surface area contributed by atoms with Gasteiger partial charge in [0.1, 0.15) is 0 Å². The lowest BCUT2D eigenvalue weighted by molar-refractivity contribution is 0.203. The fourth-order valence-corrected chi connectivity index (χ4v) is 2.18. The smallest absolute Gasteiger partial charge is 0.317 e. The number of carbonyl (C=O) groups excluding carboxylic acids is 1. The van der Waals surface area contributed by atoms with Crippen LogP contribution in [0.2, 0.25) is 0 Å². The average Bonchev–Trinajstić information content (AvgIpc) is 2.15. The van der Waals surface area contributed by atoms with Gasteiger partial charge in [0.05, 0.1) is 0 Å². The van der Waals surface area contributed by atoms with Crippen LogP contribution in [0.25, 0.3) is 0 Å². The topological polar surface area (TPSA) is 75.4 Å². The van der Waals surface area contributed by atoms with Crippen LogP contribution in [0.1, 0.15) is 0 Å². The number of carbonyl (C=O) groups is 1. The third-order valence-electron chi connectivity index (χ3n) is 1.89. The summed E-state index contributed by atoms with van der Waals surface area (Å²) in [5, 5.41) is 2.68. The monoisotopic (exact) mass is 205 g/mol. The second-order valence-corrected chi connectivity index (χ2v) is 4.55. The van der Waals surface area contributed by atoms with Crippen LogP contribution in [-0.4, -0.2) is 52.8 Å². The van der Waals surface area contributed by atoms with E-state index in [0.29, 0.717) is 37.7 Å². The number of rotatable bonds is 2. The quantitative estimate of drug-likeness (QED) is 0.589. The molecule has 0 saturated carbocycles. The van der Waals surface area contributed by atoms with Crippen molar-refractivity contribution in [2.75, 3.05) is 37.7 Å². The van der Waals surface area contributed by atoms with E-state index in [4.69, 9.17) is 5.73 Å². The summed E-state index contributed by atoms with van der Waals surface area (Å²) in [5.41, 5.74) is 5.25. The highest BCUT2D eigenvalue weighted by atomic mass is 32.2. The van der Waals surface area contributed by atoms with Crippen LogP contribution in [0.15, 0.2) is 0 Å². The van der Waals surface area contributed by atoms with Crippen LogP contribution in [0, 0.1) is 0 Å². The van der Waals surface area contributed by atoms with Gasteiger partial charge < -0.3 is 16.0 Å². The molecule has 76 valence electrons. The molecular formula is C7H15N3O2S. The Labute approximate surface area is 80.1 Å². The first-order valence-corrected chi connectivity index (χ1v) is 5.80. The van der Waals surface area contributed by atoms with E-state index < -0.39 is 10.8 Å². The molecule has 0 radical (unpaired) electrons. The molecule has 0 aromatic rings. The van der Waals surface area contributed by atoms with Crippen molar-refractivity contribution in [3.8, 4) is 0 Å². The van der Waals surface area contributed by atoms with Crippen LogP contribution in [-0.2, 0) is 10.8 Å². The molecule has 0 bridgehead atoms. The second kappa shape index (κ2) is 5.18. The molecule has 1 aliphatic heterocycles. The van der Waals surface area contributed by atoms with Crippen molar-refractivity contribution < 1.29 is 9.00 Å². The Balaban J connectivity index is 2.27. The Kier molecular flexibility index (Phi) is 4.17. The summed E-state index contributed by atoms with van der Waals surface area (Å²) < 4.78 is 11.0. The van der Waals surface area contributed by atoms with Crippen LogP contribution in [0.5, 0.6) is 0 Å². The highest BCUT2D eigenvalue weighted by molar-refractivity contribution is 7.85. The standard InChI is InChI=1S/C7H15N3O2S/c8-1-2-9-7(11)10-3-5-13(12)6-4-10/h1-6,8H2,(H,9,11). The van der Waals surface area contributed by atoms with E-state index in [1.165, 1.54) is 0 Å². The molecule has 0 atom stereocenters. The summed E-state index contributed by atoms with van der Waals surface area (Å²) in [6, 6.07) is -0.0952. The summed E-state index contributed by atoms with van der Waals surface area (Å²) in [7, 11) is -0.730. The van der Waals surface area contributed by atoms with E-state index in [1.54, 1.807) is 4.90 Å². The van der Waals surface area contributed by atoms with Crippen LogP contribution in [0.3, 0.4) is 0 Å². The number of amides is 2. The van der Waals surface area contributed by atoms with Crippen LogP contribution < -0.4 is 11.1 Å². The molecule has 1 heterocycles. The van der Waals surface area contributed by atoms with Crippen molar-refractivity contribution >= 4 is 16.8 Å². The molecule has 0 unspecified atom stereocenters. The number of hydrogen-bond acceptors (Lipinski definition) is 3. The molecule has 1 fully saturated rings. The van der Waals surface area contributed by atoms with Crippen LogP contribution >= 0.6 is 0 Å². The summed E-state index contributed by atoms with van der Waals surface area (Å²) in [6.45, 7) is 2.12. The predicted molar refractivity (Wildman–Crippen MR) is 51.9 cm³/mol. The van der Waals surface area contributed by atoms with Gasteiger partial charge in [0.15, 0.2) is 0 Å². The molecular weight excluding hydrogens is 190 g/mol. The Morgan fingerprint density at radius 2 is 2.08 bits per heavy atom. The lowest BCUT2D eigenvalue weighted by Crippen LogP contribution is -2.47. The highest BCUT2D eigenvalue weighted by Gasteiger charge is 2.18. The van der Waals surface area contributed by atoms with Gasteiger partial charge in [-0.15, -0.1) is 0 Å². The molecule has 1 aliphatic rings. The van der Waals surface area contributed by atoms with Crippen molar-refractivity contribution in [3.63, 3.8) is 0 Å². The Hall–Kier alpha value is -0.620. The summed E-state index contributed by atoms with van der Waals surface area (Å²) in [4.78, 5) is 13.0. The van der Waals surface area contributed by atoms with Gasteiger partial charge in [0, 0.05) is 48.5 Å². The minimum atomic E-state index is -0.730. The zero-order valence-electron chi connectivity index (χ0n) is 7.49. The molecule has 1 saturated heterocycles. The van der Waals surface area contributed by atoms with Crippen molar-refractivity contribution in [2.24, 2.45) is 5.73 Å². The van der Waals surface area contributed by atoms with Crippen LogP contribution in [0.4, 0.5) is 4.79 Å². The SMILES string of the molecule is NCCNC(=O)N1CCS(=O)CC1. The maximum Gasteiger partial charge on any atom is 0.317 e. The molecule has 13 heavy (non-hydrogen) atoms. The zero-order chi connectivity index (χ0) is 9.68. The Morgan fingerprint density at radius 1 is 1.46 bits per heavy atom. The third-order valence-corrected chi connectivity index (χ3v) is 3.16. The molecule has 6 heteroatoms. The second-order valence-electron chi connectivity index (χ2n) is 2.86. The predicted octanol–water partition coefficient (Wildman–Crippen LogP) is -1.28. The summed E-state index contributed by atoms with van der Waals surface area (Å²) in [5.74, 6) is 1.19. The lowest BCUT2D eigenvalue weighted by Gasteiger charge is -2.26. The van der Waals surface area contributed by atoms with Gasteiger partial charge in [-0.05, 0) is 0 Å². The molecule has 1 rings (SSSR count). The molecule has 2 amide bonds. The van der Waals surface area contributed by atoms with E-state index in [1.807, 2.05) is 0 Å². The van der Waals surface area contributed by atoms with Gasteiger partial charge in [-0.3, -0.25) is 4.21 Å². The molecule has 5 nitrogen and oxygen atoms in total. The molecule has 0 aromatic heterocycles. The van der Waals surface area contributed by atoms with E-state index in [0.717, 1.165) is 0 Å². The number of nitrogens with zero attached hydrogens (tertiary/aromatic N) is 1. The van der Waals surface area contributed by atoms with Crippen molar-refractivity contribution in [1.82, 2.24) is 10.2 Å². The normalized spacial score (nSPS) is 18.7. The largest absolute Gasteiger partial charge is 0.337 e. The highest BCUT2D eigenvalue weighted by Crippen LogP contribution is 1.99. The Morgan fingerprint density at radius 3 is 2.62 bits per heavy atom. The van der Waals surface area contributed by atoms with Crippen molar-refractivity contribution in [2.45, 2.75) is 0 Å². The minimum absolute atomic E-state index is 0.0952. The van der Waals surface area contributed by atoms with E-state index in [2.05, 4.69) is 5.32 Å². The number of hydrogen-bond donors (Lipinski definition) is 2. The summed E-state index contributed by atoms with van der Waals surface area (Å²) in [6.07, 6.45) is 0. The number of nitrogens with one attached hydrogen (secondary N) is 1. The molecule has 0 spiro atoms. The fraction of sp³-hybridized carbons (Fsp3) is 0.857. The zero-order valence-corrected chi connectivity index (χ0v) is 8.31. The first kappa shape index (κ1) is 10.5. The van der Waals surface area contributed by atoms with Crippen molar-refractivity contribution in [1.29, 1.82) is 0 Å². The van der Waals surface area contributed by atoms with Gasteiger partial charge in [-0.25, -0.2) is 4.79 Å². The van der Waals surface area contributed by atoms with E-state index in [-0.39, 0.29) is 6.03 Å². The maximum absolute atomic E-state index is 11.3. The molecule has 3 N–H and O–H groups in total. The lowest BCUT2D eigenvalue weighted by atomic mass is 10.5.